The van der Waals surface area contributed by atoms with Crippen molar-refractivity contribution in [2.75, 3.05) is 37.6 Å². The quantitative estimate of drug-likeness (QED) is 0.691. The number of nitrogens with two attached hydrogens (primary N) is 1. The van der Waals surface area contributed by atoms with Gasteiger partial charge in [-0.3, -0.25) is 9.59 Å². The lowest BCUT2D eigenvalue weighted by Crippen LogP contribution is -2.40. The van der Waals surface area contributed by atoms with E-state index in [1.807, 2.05) is 11.8 Å². The molecule has 9 heteroatoms. The van der Waals surface area contributed by atoms with Gasteiger partial charge in [-0.05, 0) is 6.07 Å². The minimum absolute atomic E-state index is 0. The SMILES string of the molecule is COc1cc(NC(=O)CC2CSCCN2)c(C(N)=O)cc1OC.Cl. The van der Waals surface area contributed by atoms with E-state index in [4.69, 9.17) is 15.2 Å². The zero-order valence-electron chi connectivity index (χ0n) is 13.6. The largest absolute Gasteiger partial charge is 0.493 e. The molecule has 1 atom stereocenters. The van der Waals surface area contributed by atoms with Gasteiger partial charge in [-0.15, -0.1) is 12.4 Å². The second-order valence-corrected chi connectivity index (χ2v) is 6.25. The Kier molecular flexibility index (Phi) is 8.17. The molecular weight excluding hydrogens is 354 g/mol. The van der Waals surface area contributed by atoms with E-state index in [1.165, 1.54) is 20.3 Å². The molecular formula is C15H22ClN3O4S. The highest BCUT2D eigenvalue weighted by atomic mass is 35.5. The number of anilines is 1. The molecule has 0 spiro atoms. The second kappa shape index (κ2) is 9.61. The molecule has 1 unspecified atom stereocenters. The van der Waals surface area contributed by atoms with Crippen molar-refractivity contribution in [1.29, 1.82) is 0 Å². The third-order valence-corrected chi connectivity index (χ3v) is 4.62. The minimum Gasteiger partial charge on any atom is -0.493 e. The summed E-state index contributed by atoms with van der Waals surface area (Å²) >= 11 is 1.82. The van der Waals surface area contributed by atoms with E-state index in [9.17, 15) is 9.59 Å². The van der Waals surface area contributed by atoms with Crippen LogP contribution < -0.4 is 25.8 Å². The number of benzene rings is 1. The van der Waals surface area contributed by atoms with E-state index in [0.29, 0.717) is 23.6 Å². The number of carbonyl (C=O) groups excluding carboxylic acids is 2. The molecule has 1 aromatic rings. The van der Waals surface area contributed by atoms with Crippen molar-refractivity contribution in [2.45, 2.75) is 12.5 Å². The van der Waals surface area contributed by atoms with Crippen molar-refractivity contribution in [3.8, 4) is 11.5 Å². The maximum absolute atomic E-state index is 12.2. The van der Waals surface area contributed by atoms with E-state index in [1.54, 1.807) is 6.07 Å². The molecule has 1 saturated heterocycles. The molecule has 0 saturated carbocycles. The summed E-state index contributed by atoms with van der Waals surface area (Å²) in [7, 11) is 2.95. The fourth-order valence-electron chi connectivity index (χ4n) is 2.36. The van der Waals surface area contributed by atoms with Gasteiger partial charge < -0.3 is 25.8 Å². The predicted molar refractivity (Wildman–Crippen MR) is 97.7 cm³/mol. The summed E-state index contributed by atoms with van der Waals surface area (Å²) < 4.78 is 10.3. The number of methoxy groups -OCH3 is 2. The van der Waals surface area contributed by atoms with E-state index < -0.39 is 5.91 Å². The lowest BCUT2D eigenvalue weighted by Gasteiger charge is -2.22. The van der Waals surface area contributed by atoms with Crippen molar-refractivity contribution < 1.29 is 19.1 Å². The van der Waals surface area contributed by atoms with Crippen LogP contribution in [-0.2, 0) is 4.79 Å². The number of amides is 2. The topological polar surface area (TPSA) is 103 Å². The highest BCUT2D eigenvalue weighted by Gasteiger charge is 2.20. The van der Waals surface area contributed by atoms with Gasteiger partial charge in [0.2, 0.25) is 5.91 Å². The molecule has 134 valence electrons. The molecule has 0 aromatic heterocycles. The summed E-state index contributed by atoms with van der Waals surface area (Å²) in [4.78, 5) is 23.8. The van der Waals surface area contributed by atoms with Gasteiger partial charge in [0.25, 0.3) is 5.91 Å². The van der Waals surface area contributed by atoms with Gasteiger partial charge in [0.1, 0.15) is 0 Å². The lowest BCUT2D eigenvalue weighted by atomic mass is 10.1. The molecule has 1 fully saturated rings. The number of rotatable bonds is 6. The Balaban J connectivity index is 0.00000288. The number of hydrogen-bond acceptors (Lipinski definition) is 6. The number of ether oxygens (including phenoxy) is 2. The number of carbonyl (C=O) groups is 2. The number of hydrogen-bond donors (Lipinski definition) is 3. The molecule has 1 aromatic carbocycles. The van der Waals surface area contributed by atoms with Crippen molar-refractivity contribution in [1.82, 2.24) is 5.32 Å². The minimum atomic E-state index is -0.646. The Morgan fingerprint density at radius 1 is 1.33 bits per heavy atom. The highest BCUT2D eigenvalue weighted by Crippen LogP contribution is 2.33. The summed E-state index contributed by atoms with van der Waals surface area (Å²) in [6.07, 6.45) is 0.333. The van der Waals surface area contributed by atoms with Gasteiger partial charge in [0.05, 0.1) is 25.5 Å². The van der Waals surface area contributed by atoms with Crippen LogP contribution in [0, 0.1) is 0 Å². The van der Waals surface area contributed by atoms with Crippen LogP contribution in [0.25, 0.3) is 0 Å². The van der Waals surface area contributed by atoms with Crippen LogP contribution in [0.5, 0.6) is 11.5 Å². The number of nitrogens with one attached hydrogen (secondary N) is 2. The maximum Gasteiger partial charge on any atom is 0.250 e. The van der Waals surface area contributed by atoms with Crippen molar-refractivity contribution in [3.05, 3.63) is 17.7 Å². The van der Waals surface area contributed by atoms with Gasteiger partial charge in [-0.2, -0.15) is 11.8 Å². The molecule has 1 aliphatic heterocycles. The molecule has 2 rings (SSSR count). The number of halogens is 1. The zero-order valence-corrected chi connectivity index (χ0v) is 15.2. The summed E-state index contributed by atoms with van der Waals surface area (Å²) in [6.45, 7) is 0.894. The van der Waals surface area contributed by atoms with Crippen LogP contribution in [0.3, 0.4) is 0 Å². The van der Waals surface area contributed by atoms with E-state index >= 15 is 0 Å². The Labute approximate surface area is 151 Å². The summed E-state index contributed by atoms with van der Waals surface area (Å²) in [5.41, 5.74) is 5.89. The first-order valence-corrected chi connectivity index (χ1v) is 8.37. The molecule has 0 radical (unpaired) electrons. The van der Waals surface area contributed by atoms with E-state index in [0.717, 1.165) is 18.1 Å². The van der Waals surface area contributed by atoms with Crippen LogP contribution in [-0.4, -0.2) is 50.1 Å². The third kappa shape index (κ3) is 5.19. The van der Waals surface area contributed by atoms with E-state index in [-0.39, 0.29) is 29.9 Å². The third-order valence-electron chi connectivity index (χ3n) is 3.49. The molecule has 4 N–H and O–H groups in total. The van der Waals surface area contributed by atoms with Crippen LogP contribution in [0.2, 0.25) is 0 Å². The molecule has 7 nitrogen and oxygen atoms in total. The normalized spacial score (nSPS) is 16.7. The molecule has 0 bridgehead atoms. The molecule has 1 heterocycles. The predicted octanol–water partition coefficient (Wildman–Crippen LogP) is 1.26. The summed E-state index contributed by atoms with van der Waals surface area (Å²) in [5, 5.41) is 6.04. The molecule has 1 aliphatic rings. The van der Waals surface area contributed by atoms with Gasteiger partial charge >= 0.3 is 0 Å². The second-order valence-electron chi connectivity index (χ2n) is 5.10. The highest BCUT2D eigenvalue weighted by molar-refractivity contribution is 7.99. The van der Waals surface area contributed by atoms with Crippen LogP contribution in [0.1, 0.15) is 16.8 Å². The summed E-state index contributed by atoms with van der Waals surface area (Å²) in [5.74, 6) is 1.91. The van der Waals surface area contributed by atoms with Crippen molar-refractivity contribution >= 4 is 41.7 Å². The average molecular weight is 376 g/mol. The van der Waals surface area contributed by atoms with Gasteiger partial charge in [0.15, 0.2) is 11.5 Å². The lowest BCUT2D eigenvalue weighted by molar-refractivity contribution is -0.116. The smallest absolute Gasteiger partial charge is 0.250 e. The van der Waals surface area contributed by atoms with Crippen LogP contribution >= 0.6 is 24.2 Å². The van der Waals surface area contributed by atoms with Gasteiger partial charge in [-0.1, -0.05) is 0 Å². The van der Waals surface area contributed by atoms with E-state index in [2.05, 4.69) is 10.6 Å². The Morgan fingerprint density at radius 2 is 2.00 bits per heavy atom. The van der Waals surface area contributed by atoms with Crippen molar-refractivity contribution in [3.63, 3.8) is 0 Å². The Bertz CT molecular complexity index is 594. The number of primary amides is 1. The Hall–Kier alpha value is -1.64. The first-order valence-electron chi connectivity index (χ1n) is 7.22. The fourth-order valence-corrected chi connectivity index (χ4v) is 3.31. The fraction of sp³-hybridized carbons (Fsp3) is 0.467. The number of thioether (sulfide) groups is 1. The average Bonchev–Trinajstić information content (AvgIpc) is 2.54. The van der Waals surface area contributed by atoms with Crippen LogP contribution in [0.15, 0.2) is 12.1 Å². The molecule has 0 aliphatic carbocycles. The first-order chi connectivity index (χ1) is 11.0. The molecule has 24 heavy (non-hydrogen) atoms. The summed E-state index contributed by atoms with van der Waals surface area (Å²) in [6, 6.07) is 3.14. The molecule has 2 amide bonds. The standard InChI is InChI=1S/C15H21N3O4S.ClH/c1-21-12-6-10(15(16)20)11(7-13(12)22-2)18-14(19)5-9-8-23-4-3-17-9;/h6-7,9,17H,3-5,8H2,1-2H3,(H2,16,20)(H,18,19);1H. The van der Waals surface area contributed by atoms with Crippen molar-refractivity contribution in [2.24, 2.45) is 5.73 Å². The van der Waals surface area contributed by atoms with Crippen LogP contribution in [0.4, 0.5) is 5.69 Å². The van der Waals surface area contributed by atoms with Gasteiger partial charge in [-0.25, -0.2) is 0 Å². The zero-order chi connectivity index (χ0) is 16.8. The first kappa shape index (κ1) is 20.4. The van der Waals surface area contributed by atoms with Gasteiger partial charge in [0, 0.05) is 36.6 Å². The Morgan fingerprint density at radius 3 is 2.54 bits per heavy atom. The maximum atomic E-state index is 12.2. The monoisotopic (exact) mass is 375 g/mol.